The number of carbonyl (C=O) groups is 1. The van der Waals surface area contributed by atoms with Gasteiger partial charge in [0.05, 0.1) is 11.8 Å². The molecule has 0 radical (unpaired) electrons. The van der Waals surface area contributed by atoms with Crippen LogP contribution in [0.2, 0.25) is 10.0 Å². The van der Waals surface area contributed by atoms with Crippen LogP contribution in [0, 0.1) is 11.8 Å². The summed E-state index contributed by atoms with van der Waals surface area (Å²) in [4.78, 5) is 12.6. The Bertz CT molecular complexity index is 1870. The summed E-state index contributed by atoms with van der Waals surface area (Å²) >= 11 is 12.2. The second-order valence-corrected chi connectivity index (χ2v) is 12.7. The molecule has 6 heteroatoms. The molecule has 6 aromatic rings. The maximum atomic E-state index is 12.6. The fourth-order valence-electron chi connectivity index (χ4n) is 5.47. The van der Waals surface area contributed by atoms with Gasteiger partial charge in [-0.25, -0.2) is 0 Å². The van der Waals surface area contributed by atoms with Crippen molar-refractivity contribution in [1.29, 1.82) is 0 Å². The number of nitrogens with zero attached hydrogens (tertiary/aromatic N) is 2. The Morgan fingerprint density at radius 2 is 1.14 bits per heavy atom. The van der Waals surface area contributed by atoms with Crippen LogP contribution in [0.25, 0.3) is 21.8 Å². The monoisotopic (exact) mass is 624 g/mol. The van der Waals surface area contributed by atoms with Gasteiger partial charge in [0.1, 0.15) is 0 Å². The number of hydrogen-bond acceptors (Lipinski definition) is 2. The molecule has 0 aliphatic rings. The van der Waals surface area contributed by atoms with Crippen LogP contribution in [-0.2, 0) is 13.1 Å². The molecule has 2 heterocycles. The molecule has 0 aliphatic carbocycles. The summed E-state index contributed by atoms with van der Waals surface area (Å²) in [6, 6.07) is 36.1. The Balaban J connectivity index is 0.000000175. The number of carbonyl (C=O) groups excluding carboxylic acids is 1. The smallest absolute Gasteiger partial charge is 0.181 e. The van der Waals surface area contributed by atoms with Crippen molar-refractivity contribution in [2.24, 2.45) is 11.8 Å². The predicted molar refractivity (Wildman–Crippen MR) is 184 cm³/mol. The highest BCUT2D eigenvalue weighted by atomic mass is 35.5. The van der Waals surface area contributed by atoms with Crippen LogP contribution in [0.5, 0.6) is 0 Å². The van der Waals surface area contributed by atoms with E-state index in [0.29, 0.717) is 11.6 Å². The first kappa shape index (κ1) is 31.6. The van der Waals surface area contributed by atoms with Crippen LogP contribution in [0.3, 0.4) is 0 Å². The molecule has 0 aliphatic heterocycles. The molecule has 44 heavy (non-hydrogen) atoms. The van der Waals surface area contributed by atoms with E-state index >= 15 is 0 Å². The van der Waals surface area contributed by atoms with Gasteiger partial charge in [-0.2, -0.15) is 0 Å². The first-order valence-electron chi connectivity index (χ1n) is 15.0. The lowest BCUT2D eigenvalue weighted by Crippen LogP contribution is -2.14. The van der Waals surface area contributed by atoms with Crippen LogP contribution in [0.15, 0.2) is 109 Å². The maximum Gasteiger partial charge on any atom is 0.181 e. The molecule has 0 spiro atoms. The molecule has 2 aromatic heterocycles. The van der Waals surface area contributed by atoms with E-state index in [1.807, 2.05) is 107 Å². The Labute approximate surface area is 269 Å². The number of halogens is 2. The van der Waals surface area contributed by atoms with Crippen molar-refractivity contribution in [3.8, 4) is 0 Å². The van der Waals surface area contributed by atoms with Gasteiger partial charge in [-0.1, -0.05) is 112 Å². The first-order chi connectivity index (χ1) is 21.1. The van der Waals surface area contributed by atoms with Gasteiger partial charge in [-0.05, 0) is 65.6 Å². The van der Waals surface area contributed by atoms with Crippen LogP contribution in [-0.4, -0.2) is 20.0 Å². The number of aliphatic hydroxyl groups excluding tert-OH is 1. The fourth-order valence-corrected chi connectivity index (χ4v) is 5.83. The number of ketones is 1. The largest absolute Gasteiger partial charge is 0.387 e. The van der Waals surface area contributed by atoms with Crippen molar-refractivity contribution in [2.75, 3.05) is 0 Å². The Morgan fingerprint density at radius 1 is 0.659 bits per heavy atom. The Hall–Kier alpha value is -3.83. The quantitative estimate of drug-likeness (QED) is 0.171. The molecule has 0 saturated heterocycles. The number of aliphatic hydroxyl groups is 1. The first-order valence-corrected chi connectivity index (χ1v) is 15.8. The zero-order valence-electron chi connectivity index (χ0n) is 25.5. The number of aromatic nitrogens is 2. The molecule has 6 rings (SSSR count). The van der Waals surface area contributed by atoms with Crippen molar-refractivity contribution in [2.45, 2.75) is 46.9 Å². The number of fused-ring (bicyclic) bond motifs is 2. The minimum Gasteiger partial charge on any atom is -0.387 e. The van der Waals surface area contributed by atoms with E-state index < -0.39 is 6.10 Å². The zero-order chi connectivity index (χ0) is 31.4. The van der Waals surface area contributed by atoms with Crippen molar-refractivity contribution in [1.82, 2.24) is 9.13 Å². The summed E-state index contributed by atoms with van der Waals surface area (Å²) in [5, 5.41) is 14.1. The number of hydrogen-bond donors (Lipinski definition) is 1. The second kappa shape index (κ2) is 13.9. The minimum absolute atomic E-state index is 0.0330. The van der Waals surface area contributed by atoms with E-state index in [1.54, 1.807) is 0 Å². The lowest BCUT2D eigenvalue weighted by molar-refractivity contribution is 0.0931. The van der Waals surface area contributed by atoms with E-state index in [1.165, 1.54) is 11.1 Å². The average Bonchev–Trinajstić information content (AvgIpc) is 3.54. The molecule has 0 saturated carbocycles. The molecular formula is C38H38Cl2N2O2. The number of benzene rings is 4. The van der Waals surface area contributed by atoms with Crippen LogP contribution in [0.1, 0.15) is 61.1 Å². The summed E-state index contributed by atoms with van der Waals surface area (Å²) in [6.45, 7) is 9.34. The molecule has 0 fully saturated rings. The molecule has 1 unspecified atom stereocenters. The van der Waals surface area contributed by atoms with Gasteiger partial charge in [0, 0.05) is 56.6 Å². The van der Waals surface area contributed by atoms with E-state index in [9.17, 15) is 9.90 Å². The third-order valence-corrected chi connectivity index (χ3v) is 8.31. The van der Waals surface area contributed by atoms with Gasteiger partial charge in [-0.15, -0.1) is 0 Å². The molecule has 1 N–H and O–H groups in total. The summed E-state index contributed by atoms with van der Waals surface area (Å²) in [5.74, 6) is 0.284. The average molecular weight is 626 g/mol. The highest BCUT2D eigenvalue weighted by Gasteiger charge is 2.20. The number of Topliss-reactive ketones (excluding diaryl/α,β-unsaturated/α-hetero) is 1. The Kier molecular flexibility index (Phi) is 9.95. The summed E-state index contributed by atoms with van der Waals surface area (Å²) in [7, 11) is 0. The Morgan fingerprint density at radius 3 is 1.64 bits per heavy atom. The van der Waals surface area contributed by atoms with Crippen LogP contribution in [0.4, 0.5) is 0 Å². The van der Waals surface area contributed by atoms with Gasteiger partial charge >= 0.3 is 0 Å². The molecule has 226 valence electrons. The fraction of sp³-hybridized carbons (Fsp3) is 0.237. The third kappa shape index (κ3) is 7.10. The number of rotatable bonds is 8. The summed E-state index contributed by atoms with van der Waals surface area (Å²) < 4.78 is 4.27. The second-order valence-electron chi connectivity index (χ2n) is 11.9. The van der Waals surface area contributed by atoms with Crippen LogP contribution < -0.4 is 0 Å². The molecule has 1 atom stereocenters. The van der Waals surface area contributed by atoms with Crippen molar-refractivity contribution in [3.05, 3.63) is 142 Å². The SMILES string of the molecule is CC(C)C(=O)c1cc2cc(Cl)ccc2n1Cc1ccccc1.CC(C)C(O)c1cc2cc(Cl)ccc2n1Cc1ccccc1. The predicted octanol–water partition coefficient (Wildman–Crippen LogP) is 10.2. The highest BCUT2D eigenvalue weighted by molar-refractivity contribution is 6.31. The third-order valence-electron chi connectivity index (χ3n) is 7.84. The van der Waals surface area contributed by atoms with Crippen LogP contribution >= 0.6 is 23.2 Å². The van der Waals surface area contributed by atoms with Gasteiger partial charge in [-0.3, -0.25) is 4.79 Å². The summed E-state index contributed by atoms with van der Waals surface area (Å²) in [5.41, 5.74) is 6.22. The lowest BCUT2D eigenvalue weighted by Gasteiger charge is -2.18. The normalized spacial score (nSPS) is 12.1. The molecular weight excluding hydrogens is 587 g/mol. The van der Waals surface area contributed by atoms with Crippen molar-refractivity contribution in [3.63, 3.8) is 0 Å². The lowest BCUT2D eigenvalue weighted by atomic mass is 10.0. The van der Waals surface area contributed by atoms with E-state index in [4.69, 9.17) is 23.2 Å². The van der Waals surface area contributed by atoms with Gasteiger partial charge in [0.25, 0.3) is 0 Å². The molecule has 4 nitrogen and oxygen atoms in total. The minimum atomic E-state index is -0.491. The zero-order valence-corrected chi connectivity index (χ0v) is 27.1. The van der Waals surface area contributed by atoms with E-state index in [2.05, 4.69) is 39.5 Å². The van der Waals surface area contributed by atoms with Gasteiger partial charge in [0.2, 0.25) is 0 Å². The van der Waals surface area contributed by atoms with E-state index in [0.717, 1.165) is 44.8 Å². The molecule has 0 bridgehead atoms. The molecule has 4 aromatic carbocycles. The van der Waals surface area contributed by atoms with Crippen molar-refractivity contribution >= 4 is 50.8 Å². The maximum absolute atomic E-state index is 12.6. The summed E-state index contributed by atoms with van der Waals surface area (Å²) in [6.07, 6.45) is -0.491. The standard InChI is InChI=1S/C19H20ClNO.C19H18ClNO/c2*1-13(2)19(22)18-11-15-10-16(20)8-9-17(15)21(18)12-14-6-4-3-5-7-14/h3-11,13,19,22H,12H2,1-2H3;3-11,13H,12H2,1-2H3. The van der Waals surface area contributed by atoms with Gasteiger partial charge < -0.3 is 14.2 Å². The highest BCUT2D eigenvalue weighted by Crippen LogP contribution is 2.31. The topological polar surface area (TPSA) is 47.2 Å². The van der Waals surface area contributed by atoms with Gasteiger partial charge in [0.15, 0.2) is 5.78 Å². The van der Waals surface area contributed by atoms with Crippen molar-refractivity contribution < 1.29 is 9.90 Å². The van der Waals surface area contributed by atoms with E-state index in [-0.39, 0.29) is 17.6 Å². The molecule has 0 amide bonds.